The number of hydrogen-bond donors (Lipinski definition) is 6. The second kappa shape index (κ2) is 16.4. The Morgan fingerprint density at radius 1 is 0.638 bits per heavy atom. The number of aliphatic hydroxyl groups is 6. The molecule has 0 spiro atoms. The molecule has 3 aliphatic heterocycles. The molecular formula is C35H54O12. The fraction of sp³-hybridized carbons (Fsp3) is 0.657. The number of benzene rings is 2. The number of rotatable bonds is 8. The van der Waals surface area contributed by atoms with Gasteiger partial charge in [0.15, 0.2) is 18.4 Å². The maximum Gasteiger partial charge on any atom is 0.190 e. The Hall–Kier alpha value is -2.36. The summed E-state index contributed by atoms with van der Waals surface area (Å²) < 4.78 is 33.2. The molecule has 3 saturated heterocycles. The van der Waals surface area contributed by atoms with Gasteiger partial charge in [0.2, 0.25) is 0 Å². The number of fused-ring (bicyclic) bond motifs is 1. The van der Waals surface area contributed by atoms with E-state index in [2.05, 4.69) is 0 Å². The largest absolute Gasteiger partial charge is 0.490 e. The van der Waals surface area contributed by atoms with Crippen LogP contribution < -0.4 is 9.47 Å². The molecular weight excluding hydrogens is 612 g/mol. The number of aryl methyl sites for hydroxylation is 6. The molecule has 0 aliphatic carbocycles. The highest BCUT2D eigenvalue weighted by molar-refractivity contribution is 5.43. The Labute approximate surface area is 277 Å². The van der Waals surface area contributed by atoms with Crippen LogP contribution in [0.2, 0.25) is 0 Å². The molecule has 0 radical (unpaired) electrons. The Bertz CT molecular complexity index is 1270. The van der Waals surface area contributed by atoms with Crippen LogP contribution in [0.1, 0.15) is 61.1 Å². The van der Waals surface area contributed by atoms with Crippen molar-refractivity contribution >= 4 is 0 Å². The molecule has 10 unspecified atom stereocenters. The van der Waals surface area contributed by atoms with Gasteiger partial charge in [0, 0.05) is 0 Å². The van der Waals surface area contributed by atoms with Crippen molar-refractivity contribution in [1.82, 2.24) is 0 Å². The number of ether oxygens (including phenoxy) is 6. The molecule has 47 heavy (non-hydrogen) atoms. The third-order valence-electron chi connectivity index (χ3n) is 8.09. The molecule has 12 heteroatoms. The first kappa shape index (κ1) is 39.1. The molecule has 266 valence electrons. The predicted molar refractivity (Wildman–Crippen MR) is 173 cm³/mol. The predicted octanol–water partition coefficient (Wildman–Crippen LogP) is 2.41. The zero-order valence-electron chi connectivity index (χ0n) is 29.1. The molecule has 0 amide bonds. The van der Waals surface area contributed by atoms with E-state index in [1.807, 2.05) is 79.7 Å². The lowest BCUT2D eigenvalue weighted by Gasteiger charge is -2.26. The summed E-state index contributed by atoms with van der Waals surface area (Å²) in [5, 5.41) is 59.2. The second-order valence-corrected chi connectivity index (χ2v) is 12.7. The van der Waals surface area contributed by atoms with Crippen LogP contribution in [0, 0.1) is 41.5 Å². The monoisotopic (exact) mass is 666 g/mol. The smallest absolute Gasteiger partial charge is 0.190 e. The van der Waals surface area contributed by atoms with Gasteiger partial charge in [-0.3, -0.25) is 0 Å². The van der Waals surface area contributed by atoms with Gasteiger partial charge in [0.25, 0.3) is 0 Å². The molecule has 2 aromatic rings. The van der Waals surface area contributed by atoms with Crippen LogP contribution in [0.15, 0.2) is 24.3 Å². The number of aliphatic hydroxyl groups excluding tert-OH is 6. The van der Waals surface area contributed by atoms with Crippen LogP contribution in [0.4, 0.5) is 0 Å². The van der Waals surface area contributed by atoms with Crippen LogP contribution in [0.3, 0.4) is 0 Å². The third kappa shape index (κ3) is 9.42. The highest BCUT2D eigenvalue weighted by Crippen LogP contribution is 2.38. The van der Waals surface area contributed by atoms with Crippen molar-refractivity contribution in [2.45, 2.75) is 136 Å². The third-order valence-corrected chi connectivity index (χ3v) is 8.09. The lowest BCUT2D eigenvalue weighted by molar-refractivity contribution is -0.227. The summed E-state index contributed by atoms with van der Waals surface area (Å²) in [7, 11) is 0. The molecule has 10 atom stereocenters. The number of hydrogen-bond acceptors (Lipinski definition) is 12. The van der Waals surface area contributed by atoms with E-state index < -0.39 is 67.2 Å². The van der Waals surface area contributed by atoms with E-state index in [1.165, 1.54) is 0 Å². The minimum atomic E-state index is -1.50. The summed E-state index contributed by atoms with van der Waals surface area (Å²) in [5.74, 6) is 0.632. The van der Waals surface area contributed by atoms with Gasteiger partial charge < -0.3 is 59.1 Å². The van der Waals surface area contributed by atoms with Gasteiger partial charge in [0.05, 0.1) is 0 Å². The Kier molecular flexibility index (Phi) is 13.6. The summed E-state index contributed by atoms with van der Waals surface area (Å²) in [6, 6.07) is 8.01. The first-order chi connectivity index (χ1) is 22.0. The van der Waals surface area contributed by atoms with Crippen molar-refractivity contribution in [2.75, 3.05) is 13.2 Å². The van der Waals surface area contributed by atoms with E-state index in [4.69, 9.17) is 28.4 Å². The quantitative estimate of drug-likeness (QED) is 0.243. The zero-order valence-corrected chi connectivity index (χ0v) is 29.1. The summed E-state index contributed by atoms with van der Waals surface area (Å²) >= 11 is 0. The van der Waals surface area contributed by atoms with Gasteiger partial charge >= 0.3 is 0 Å². The zero-order chi connectivity index (χ0) is 35.4. The Morgan fingerprint density at radius 2 is 1.04 bits per heavy atom. The summed E-state index contributed by atoms with van der Waals surface area (Å²) in [4.78, 5) is 0. The normalized spacial score (nSPS) is 30.4. The molecule has 0 saturated carbocycles. The molecule has 6 N–H and O–H groups in total. The average Bonchev–Trinajstić information content (AvgIpc) is 3.55. The van der Waals surface area contributed by atoms with Gasteiger partial charge in [-0.05, 0) is 77.6 Å². The van der Waals surface area contributed by atoms with Gasteiger partial charge in [-0.15, -0.1) is 0 Å². The van der Waals surface area contributed by atoms with Crippen molar-refractivity contribution in [2.24, 2.45) is 0 Å². The highest BCUT2D eigenvalue weighted by atomic mass is 16.8. The molecule has 3 aliphatic rings. The van der Waals surface area contributed by atoms with Gasteiger partial charge in [-0.1, -0.05) is 49.2 Å². The van der Waals surface area contributed by atoms with Crippen molar-refractivity contribution in [3.05, 3.63) is 57.6 Å². The first-order valence-electron chi connectivity index (χ1n) is 16.1. The van der Waals surface area contributed by atoms with E-state index in [1.54, 1.807) is 13.8 Å². The Morgan fingerprint density at radius 3 is 1.40 bits per heavy atom. The molecule has 12 nitrogen and oxygen atoms in total. The van der Waals surface area contributed by atoms with E-state index in [9.17, 15) is 30.6 Å². The Balaban J connectivity index is 0.000000245. The topological polar surface area (TPSA) is 177 Å². The van der Waals surface area contributed by atoms with Crippen LogP contribution >= 0.6 is 0 Å². The van der Waals surface area contributed by atoms with Gasteiger partial charge in [-0.2, -0.15) is 0 Å². The summed E-state index contributed by atoms with van der Waals surface area (Å²) in [5.41, 5.74) is 6.21. The van der Waals surface area contributed by atoms with Crippen LogP contribution in [0.25, 0.3) is 0 Å². The molecule has 2 aromatic carbocycles. The van der Waals surface area contributed by atoms with Crippen LogP contribution in [-0.2, 0) is 18.9 Å². The van der Waals surface area contributed by atoms with E-state index >= 15 is 0 Å². The molecule has 3 fully saturated rings. The standard InChI is InChI=1S/C18H26O6.C15H22O6.C2H6/c1-9-6-10(2)14(11(3)7-9)21-8-12(19)15-13(20)16-17(22-15)24-18(4,5)23-16;1-7-4-8(2)13(9(3)5-7)20-6-10(16)14-11(17)12(18)15(19)21-14;1-2/h6-7,12-13,15-17,19-20H,8H2,1-5H3;4-5,10-12,14-19H,6H2,1-3H3;1-2H3. The van der Waals surface area contributed by atoms with Crippen molar-refractivity contribution in [3.63, 3.8) is 0 Å². The maximum atomic E-state index is 10.4. The lowest BCUT2D eigenvalue weighted by atomic mass is 10.1. The highest BCUT2D eigenvalue weighted by Gasteiger charge is 2.56. The fourth-order valence-electron chi connectivity index (χ4n) is 6.15. The van der Waals surface area contributed by atoms with Gasteiger partial charge in [0.1, 0.15) is 73.5 Å². The fourth-order valence-corrected chi connectivity index (χ4v) is 6.15. The second-order valence-electron chi connectivity index (χ2n) is 12.7. The van der Waals surface area contributed by atoms with Gasteiger partial charge in [-0.25, -0.2) is 0 Å². The molecule has 0 aromatic heterocycles. The van der Waals surface area contributed by atoms with Crippen molar-refractivity contribution < 1.29 is 59.1 Å². The minimum absolute atomic E-state index is 0.0231. The summed E-state index contributed by atoms with van der Waals surface area (Å²) in [6.45, 7) is 19.2. The van der Waals surface area contributed by atoms with Crippen LogP contribution in [0.5, 0.6) is 11.5 Å². The SMILES string of the molecule is CC.Cc1cc(C)c(OCC(O)C2OC(O)C(O)C2O)c(C)c1.Cc1cc(C)c(OCC(O)C2OC3OC(C)(C)OC3C2O)c(C)c1. The molecule has 0 bridgehead atoms. The molecule has 3 heterocycles. The van der Waals surface area contributed by atoms with Crippen molar-refractivity contribution in [3.8, 4) is 11.5 Å². The molecule has 5 rings (SSSR count). The van der Waals surface area contributed by atoms with E-state index in [0.717, 1.165) is 39.1 Å². The van der Waals surface area contributed by atoms with E-state index in [-0.39, 0.29) is 13.2 Å². The maximum absolute atomic E-state index is 10.4. The average molecular weight is 667 g/mol. The minimum Gasteiger partial charge on any atom is -0.490 e. The van der Waals surface area contributed by atoms with Crippen LogP contribution in [-0.4, -0.2) is 111 Å². The summed E-state index contributed by atoms with van der Waals surface area (Å²) in [6.07, 6.45) is -10.5. The van der Waals surface area contributed by atoms with Crippen molar-refractivity contribution in [1.29, 1.82) is 0 Å². The first-order valence-corrected chi connectivity index (χ1v) is 16.1. The van der Waals surface area contributed by atoms with E-state index in [0.29, 0.717) is 5.75 Å². The lowest BCUT2D eigenvalue weighted by Crippen LogP contribution is -2.43.